The summed E-state index contributed by atoms with van der Waals surface area (Å²) in [5.41, 5.74) is 0.205. The summed E-state index contributed by atoms with van der Waals surface area (Å²) in [6, 6.07) is 23.2. The number of aromatic nitrogens is 2. The molecule has 0 amide bonds. The van der Waals surface area contributed by atoms with E-state index in [-0.39, 0.29) is 24.2 Å². The molecule has 1 aliphatic heterocycles. The molecule has 0 aliphatic carbocycles. The third-order valence-corrected chi connectivity index (χ3v) is 6.93. The molecule has 4 aromatic rings. The molecule has 1 aromatic heterocycles. The molecule has 3 atom stereocenters. The molecule has 3 unspecified atom stereocenters. The molecule has 10 nitrogen and oxygen atoms in total. The largest absolute Gasteiger partial charge is 0.459 e. The molecule has 0 bridgehead atoms. The van der Waals surface area contributed by atoms with E-state index >= 15 is 0 Å². The number of carbonyl (C=O) groups excluding carboxylic acids is 3. The van der Waals surface area contributed by atoms with Gasteiger partial charge < -0.3 is 14.2 Å². The molecule has 5 rings (SSSR count). The summed E-state index contributed by atoms with van der Waals surface area (Å²) in [6.45, 7) is 3.07. The van der Waals surface area contributed by atoms with Crippen molar-refractivity contribution < 1.29 is 28.6 Å². The van der Waals surface area contributed by atoms with Gasteiger partial charge in [-0.2, -0.15) is 4.57 Å². The molecular weight excluding hydrogens is 540 g/mol. The Morgan fingerprint density at radius 2 is 1.40 bits per heavy atom. The highest BCUT2D eigenvalue weighted by Gasteiger charge is 2.41. The first-order chi connectivity index (χ1) is 20.2. The fourth-order valence-corrected chi connectivity index (χ4v) is 4.65. The van der Waals surface area contributed by atoms with Gasteiger partial charge in [-0.1, -0.05) is 54.1 Å². The lowest BCUT2D eigenvalue weighted by molar-refractivity contribution is -0.0584. The van der Waals surface area contributed by atoms with Crippen LogP contribution in [0.5, 0.6) is 0 Å². The Labute approximate surface area is 240 Å². The third-order valence-electron chi connectivity index (χ3n) is 6.93. The monoisotopic (exact) mass is 568 g/mol. The Morgan fingerprint density at radius 3 is 2.02 bits per heavy atom. The number of esters is 2. The first kappa shape index (κ1) is 28.4. The topological polar surface area (TPSA) is 123 Å². The van der Waals surface area contributed by atoms with E-state index in [0.717, 1.165) is 10.1 Å². The number of hydrogen-bond donors (Lipinski definition) is 0. The molecule has 1 saturated heterocycles. The van der Waals surface area contributed by atoms with E-state index in [1.807, 2.05) is 6.92 Å². The molecule has 42 heavy (non-hydrogen) atoms. The molecule has 0 radical (unpaired) electrons. The molecule has 0 N–H and O–H groups in total. The fourth-order valence-electron chi connectivity index (χ4n) is 4.65. The molecule has 1 aliphatic rings. The van der Waals surface area contributed by atoms with Crippen LogP contribution in [0.25, 0.3) is 0 Å². The van der Waals surface area contributed by atoms with Crippen molar-refractivity contribution >= 4 is 17.8 Å². The minimum absolute atomic E-state index is 0.00238. The molecule has 214 valence electrons. The van der Waals surface area contributed by atoms with Crippen molar-refractivity contribution in [1.82, 2.24) is 9.13 Å². The van der Waals surface area contributed by atoms with Gasteiger partial charge >= 0.3 is 17.6 Å². The molecule has 3 aromatic carbocycles. The van der Waals surface area contributed by atoms with Gasteiger partial charge in [-0.25, -0.2) is 14.4 Å². The van der Waals surface area contributed by atoms with E-state index in [0.29, 0.717) is 15.7 Å². The van der Waals surface area contributed by atoms with Crippen molar-refractivity contribution in [3.8, 4) is 0 Å². The van der Waals surface area contributed by atoms with E-state index < -0.39 is 47.5 Å². The van der Waals surface area contributed by atoms with Crippen molar-refractivity contribution in [2.45, 2.75) is 38.7 Å². The summed E-state index contributed by atoms with van der Waals surface area (Å²) < 4.78 is 19.0. The Hall–Kier alpha value is -5.09. The smallest absolute Gasteiger partial charge is 0.340 e. The number of nitrogens with zero attached hydrogens (tertiary/aromatic N) is 2. The normalized spacial score (nSPS) is 17.9. The van der Waals surface area contributed by atoms with Crippen LogP contribution in [0.4, 0.5) is 0 Å². The highest BCUT2D eigenvalue weighted by molar-refractivity contribution is 5.95. The molecular formula is C32H28N2O8. The van der Waals surface area contributed by atoms with E-state index in [1.165, 1.54) is 13.1 Å². The van der Waals surface area contributed by atoms with Crippen molar-refractivity contribution in [2.24, 2.45) is 0 Å². The zero-order valence-electron chi connectivity index (χ0n) is 23.0. The Balaban J connectivity index is 1.44. The van der Waals surface area contributed by atoms with Gasteiger partial charge in [0.1, 0.15) is 25.0 Å². The second-order valence-corrected chi connectivity index (χ2v) is 9.95. The minimum atomic E-state index is -1.03. The number of carbonyl (C=O) groups is 3. The lowest BCUT2D eigenvalue weighted by atomic mass is 10.1. The first-order valence-electron chi connectivity index (χ1n) is 13.3. The number of aryl methyl sites for hydroxylation is 2. The van der Waals surface area contributed by atoms with Crippen LogP contribution in [0.3, 0.4) is 0 Å². The van der Waals surface area contributed by atoms with Crippen LogP contribution in [0.1, 0.15) is 54.8 Å². The van der Waals surface area contributed by atoms with Crippen LogP contribution in [-0.2, 0) is 14.2 Å². The summed E-state index contributed by atoms with van der Waals surface area (Å²) >= 11 is 0. The van der Waals surface area contributed by atoms with Gasteiger partial charge in [0.25, 0.3) is 11.5 Å². The van der Waals surface area contributed by atoms with E-state index in [9.17, 15) is 24.0 Å². The second kappa shape index (κ2) is 12.2. The van der Waals surface area contributed by atoms with Crippen LogP contribution in [-0.4, -0.2) is 45.8 Å². The maximum atomic E-state index is 13.6. The predicted octanol–water partition coefficient (Wildman–Crippen LogP) is 3.69. The molecule has 0 spiro atoms. The maximum absolute atomic E-state index is 13.6. The van der Waals surface area contributed by atoms with Gasteiger partial charge in [0.05, 0.1) is 11.1 Å². The van der Waals surface area contributed by atoms with Crippen LogP contribution in [0, 0.1) is 13.8 Å². The van der Waals surface area contributed by atoms with E-state index in [1.54, 1.807) is 84.9 Å². The highest BCUT2D eigenvalue weighted by Crippen LogP contribution is 2.31. The summed E-state index contributed by atoms with van der Waals surface area (Å²) in [7, 11) is 0. The van der Waals surface area contributed by atoms with Crippen LogP contribution >= 0.6 is 0 Å². The summed E-state index contributed by atoms with van der Waals surface area (Å²) in [5, 5.41) is 0. The van der Waals surface area contributed by atoms with Crippen LogP contribution < -0.4 is 11.2 Å². The zero-order chi connectivity index (χ0) is 29.8. The minimum Gasteiger partial charge on any atom is -0.459 e. The molecule has 10 heteroatoms. The van der Waals surface area contributed by atoms with Crippen molar-refractivity contribution in [3.05, 3.63) is 140 Å². The molecule has 0 saturated carbocycles. The number of ether oxygens (including phenoxy) is 3. The molecule has 1 fully saturated rings. The number of hydrogen-bond acceptors (Lipinski definition) is 8. The van der Waals surface area contributed by atoms with Crippen LogP contribution in [0.15, 0.2) is 101 Å². The lowest BCUT2D eigenvalue weighted by Crippen LogP contribution is -2.45. The first-order valence-corrected chi connectivity index (χ1v) is 13.3. The average Bonchev–Trinajstić information content (AvgIpc) is 3.40. The maximum Gasteiger partial charge on any atom is 0.340 e. The second-order valence-electron chi connectivity index (χ2n) is 9.95. The van der Waals surface area contributed by atoms with Crippen molar-refractivity contribution in [2.75, 3.05) is 6.61 Å². The van der Waals surface area contributed by atoms with E-state index in [2.05, 4.69) is 0 Å². The van der Waals surface area contributed by atoms with Gasteiger partial charge in [-0.05, 0) is 50.2 Å². The Bertz CT molecular complexity index is 1730. The van der Waals surface area contributed by atoms with Gasteiger partial charge in [-0.15, -0.1) is 0 Å². The standard InChI is InChI=1S/C32H28N2O8/c1-20-13-15-22(16-14-20)29(36)34-28(35)21(2)18-33(32(34)39)27-17-25(42-31(38)24-11-7-4-8-12-24)26(41-27)19-40-30(37)23-9-5-3-6-10-23/h3-16,18,25-27H,17,19H2,1-2H3. The summed E-state index contributed by atoms with van der Waals surface area (Å²) in [6.07, 6.45) is -1.56. The Morgan fingerprint density at radius 1 is 0.810 bits per heavy atom. The SMILES string of the molecule is Cc1ccc(C(=O)n2c(=O)c(C)cn(C3CC(OC(=O)c4ccccc4)C(COC(=O)c4ccccc4)O3)c2=O)cc1. The van der Waals surface area contributed by atoms with Gasteiger partial charge in [-0.3, -0.25) is 14.2 Å². The van der Waals surface area contributed by atoms with E-state index in [4.69, 9.17) is 14.2 Å². The lowest BCUT2D eigenvalue weighted by Gasteiger charge is -2.19. The molecule has 2 heterocycles. The zero-order valence-corrected chi connectivity index (χ0v) is 23.0. The van der Waals surface area contributed by atoms with Crippen molar-refractivity contribution in [3.63, 3.8) is 0 Å². The predicted molar refractivity (Wildman–Crippen MR) is 152 cm³/mol. The van der Waals surface area contributed by atoms with Gasteiger partial charge in [0, 0.05) is 23.7 Å². The Kier molecular flexibility index (Phi) is 8.26. The third kappa shape index (κ3) is 5.98. The highest BCUT2D eigenvalue weighted by atomic mass is 16.6. The average molecular weight is 569 g/mol. The van der Waals surface area contributed by atoms with Crippen molar-refractivity contribution in [1.29, 1.82) is 0 Å². The van der Waals surface area contributed by atoms with Gasteiger partial charge in [0.15, 0.2) is 0 Å². The van der Waals surface area contributed by atoms with Crippen LogP contribution in [0.2, 0.25) is 0 Å². The van der Waals surface area contributed by atoms with Gasteiger partial charge in [0.2, 0.25) is 0 Å². The summed E-state index contributed by atoms with van der Waals surface area (Å²) in [4.78, 5) is 65.2. The summed E-state index contributed by atoms with van der Waals surface area (Å²) in [5.74, 6) is -1.99. The quantitative estimate of drug-likeness (QED) is 0.310. The number of benzene rings is 3. The fraction of sp³-hybridized carbons (Fsp3) is 0.219. The number of rotatable bonds is 7.